The number of hydrogen-bond donors (Lipinski definition) is 1. The smallest absolute Gasteiger partial charge is 0.395 e. The van der Waals surface area contributed by atoms with Crippen molar-refractivity contribution >= 4 is 43.5 Å². The van der Waals surface area contributed by atoms with Crippen molar-refractivity contribution in [1.29, 1.82) is 0 Å². The van der Waals surface area contributed by atoms with Crippen molar-refractivity contribution in [2.45, 2.75) is 18.0 Å². The number of halogens is 4. The van der Waals surface area contributed by atoms with Gasteiger partial charge < -0.3 is 5.73 Å². The van der Waals surface area contributed by atoms with Crippen LogP contribution in [0.5, 0.6) is 0 Å². The molecule has 0 aliphatic heterocycles. The Morgan fingerprint density at radius 1 is 1.46 bits per heavy atom. The van der Waals surface area contributed by atoms with Crippen molar-refractivity contribution in [1.82, 2.24) is 4.98 Å². The van der Waals surface area contributed by atoms with Gasteiger partial charge in [0, 0.05) is 6.21 Å². The van der Waals surface area contributed by atoms with Crippen molar-refractivity contribution in [3.05, 3.63) is 29.7 Å². The topological polar surface area (TPSA) is 102 Å². The number of sulfone groups is 1. The maximum absolute atomic E-state index is 12.2. The van der Waals surface area contributed by atoms with Crippen LogP contribution < -0.4 is 5.73 Å². The summed E-state index contributed by atoms with van der Waals surface area (Å²) in [4.78, 5) is 18.9. The summed E-state index contributed by atoms with van der Waals surface area (Å²) in [7, 11) is -3.77. The molecule has 0 radical (unpaired) electrons. The van der Waals surface area contributed by atoms with Gasteiger partial charge in [0.05, 0.1) is 27.9 Å². The van der Waals surface area contributed by atoms with Gasteiger partial charge in [-0.25, -0.2) is 13.4 Å². The molecule has 11 heteroatoms. The van der Waals surface area contributed by atoms with Gasteiger partial charge in [0.15, 0.2) is 15.6 Å². The molecule has 24 heavy (non-hydrogen) atoms. The van der Waals surface area contributed by atoms with E-state index in [2.05, 4.69) is 25.9 Å². The van der Waals surface area contributed by atoms with E-state index in [-0.39, 0.29) is 27.4 Å². The Balaban J connectivity index is 3.30. The molecule has 0 aromatic carbocycles. The predicted octanol–water partition coefficient (Wildman–Crippen LogP) is 2.56. The first-order valence-electron chi connectivity index (χ1n) is 6.42. The number of carbonyl (C=O) groups excluding carboxylic acids is 1. The van der Waals surface area contributed by atoms with E-state index in [0.717, 1.165) is 18.5 Å². The molecule has 0 unspecified atom stereocenters. The monoisotopic (exact) mass is 427 g/mol. The van der Waals surface area contributed by atoms with Crippen molar-refractivity contribution in [2.75, 3.05) is 11.1 Å². The van der Waals surface area contributed by atoms with Gasteiger partial charge in [-0.05, 0) is 12.1 Å². The third-order valence-electron chi connectivity index (χ3n) is 2.74. The zero-order valence-electron chi connectivity index (χ0n) is 12.3. The average Bonchev–Trinajstić information content (AvgIpc) is 2.53. The lowest BCUT2D eigenvalue weighted by atomic mass is 10.2. The minimum atomic E-state index is -4.69. The highest BCUT2D eigenvalue weighted by atomic mass is 79.9. The van der Waals surface area contributed by atoms with E-state index in [4.69, 9.17) is 5.73 Å². The highest BCUT2D eigenvalue weighted by Gasteiger charge is 2.30. The Hall–Kier alpha value is -1.75. The molecule has 1 aromatic rings. The summed E-state index contributed by atoms with van der Waals surface area (Å²) in [5, 5.41) is -0.125. The molecule has 0 amide bonds. The molecule has 1 aromatic heterocycles. The Kier molecular flexibility index (Phi) is 6.67. The first-order valence-corrected chi connectivity index (χ1v) is 9.19. The van der Waals surface area contributed by atoms with Gasteiger partial charge in [0.1, 0.15) is 11.4 Å². The lowest BCUT2D eigenvalue weighted by Gasteiger charge is -2.07. The van der Waals surface area contributed by atoms with Crippen LogP contribution in [-0.4, -0.2) is 42.7 Å². The number of aromatic nitrogens is 1. The van der Waals surface area contributed by atoms with Crippen molar-refractivity contribution in [2.24, 2.45) is 10.7 Å². The quantitative estimate of drug-likeness (QED) is 0.426. The van der Waals surface area contributed by atoms with Crippen molar-refractivity contribution in [3.8, 4) is 0 Å². The van der Waals surface area contributed by atoms with E-state index < -0.39 is 27.5 Å². The van der Waals surface area contributed by atoms with Gasteiger partial charge in [0.2, 0.25) is 0 Å². The molecule has 0 fully saturated rings. The van der Waals surface area contributed by atoms with Gasteiger partial charge in [-0.3, -0.25) is 9.79 Å². The first kappa shape index (κ1) is 20.3. The standard InChI is InChI=1S/C13H13BrF3N3O3S/c1-2-24(22,23)10-5-8(7-20-12(10)9(21)6-14)19-4-3-11(18)13(15,16)17/h3-5,7H,2,6,18H2,1H3. The largest absolute Gasteiger partial charge is 0.430 e. The highest BCUT2D eigenvalue weighted by molar-refractivity contribution is 9.09. The SMILES string of the molecule is CCS(=O)(=O)c1cc(N=CC=C(N)C(F)(F)F)cnc1C(=O)CBr. The first-order chi connectivity index (χ1) is 11.0. The number of nitrogens with zero attached hydrogens (tertiary/aromatic N) is 2. The van der Waals surface area contributed by atoms with E-state index in [1.165, 1.54) is 6.92 Å². The van der Waals surface area contributed by atoms with E-state index in [1.807, 2.05) is 0 Å². The van der Waals surface area contributed by atoms with Crippen LogP contribution >= 0.6 is 15.9 Å². The molecule has 0 saturated carbocycles. The summed E-state index contributed by atoms with van der Waals surface area (Å²) in [5.41, 5.74) is 3.17. The van der Waals surface area contributed by atoms with Gasteiger partial charge in [-0.2, -0.15) is 13.2 Å². The fourth-order valence-electron chi connectivity index (χ4n) is 1.47. The Morgan fingerprint density at radius 2 is 2.08 bits per heavy atom. The van der Waals surface area contributed by atoms with Crippen LogP contribution in [0.3, 0.4) is 0 Å². The molecule has 0 atom stereocenters. The summed E-state index contributed by atoms with van der Waals surface area (Å²) >= 11 is 2.93. The van der Waals surface area contributed by atoms with Crippen LogP contribution in [0, 0.1) is 0 Å². The van der Waals surface area contributed by atoms with Crippen LogP contribution in [0.15, 0.2) is 33.9 Å². The second kappa shape index (κ2) is 7.88. The maximum atomic E-state index is 12.2. The minimum absolute atomic E-state index is 0.0284. The fraction of sp³-hybridized carbons (Fsp3) is 0.308. The molecule has 0 aliphatic carbocycles. The number of alkyl halides is 4. The van der Waals surface area contributed by atoms with E-state index in [9.17, 15) is 26.4 Å². The van der Waals surface area contributed by atoms with Crippen LogP contribution in [0.25, 0.3) is 0 Å². The number of hydrogen-bond acceptors (Lipinski definition) is 6. The summed E-state index contributed by atoms with van der Waals surface area (Å²) in [6.45, 7) is 1.39. The number of rotatable bonds is 6. The van der Waals surface area contributed by atoms with Crippen molar-refractivity contribution in [3.63, 3.8) is 0 Å². The summed E-state index contributed by atoms with van der Waals surface area (Å²) in [6, 6.07) is 1.08. The Labute approximate surface area is 144 Å². The third-order valence-corrected chi connectivity index (χ3v) is 4.99. The maximum Gasteiger partial charge on any atom is 0.430 e. The summed E-state index contributed by atoms with van der Waals surface area (Å²) in [5.74, 6) is -0.815. The molecule has 1 heterocycles. The van der Waals surface area contributed by atoms with Gasteiger partial charge in [-0.15, -0.1) is 0 Å². The molecule has 0 aliphatic rings. The fourth-order valence-corrected chi connectivity index (χ4v) is 2.81. The second-order valence-corrected chi connectivity index (χ2v) is 7.21. The molecule has 0 spiro atoms. The van der Waals surface area contributed by atoms with Crippen molar-refractivity contribution < 1.29 is 26.4 Å². The van der Waals surface area contributed by atoms with Crippen LogP contribution in [0.1, 0.15) is 17.4 Å². The highest BCUT2D eigenvalue weighted by Crippen LogP contribution is 2.23. The predicted molar refractivity (Wildman–Crippen MR) is 86.6 cm³/mol. The van der Waals surface area contributed by atoms with E-state index in [1.54, 1.807) is 0 Å². The number of pyridine rings is 1. The zero-order chi connectivity index (χ0) is 18.5. The van der Waals surface area contributed by atoms with Gasteiger partial charge in [-0.1, -0.05) is 22.9 Å². The Morgan fingerprint density at radius 3 is 2.58 bits per heavy atom. The molecule has 0 saturated heterocycles. The molecule has 1 rings (SSSR count). The van der Waals surface area contributed by atoms with E-state index >= 15 is 0 Å². The molecular formula is C13H13BrF3N3O3S. The lowest BCUT2D eigenvalue weighted by Crippen LogP contribution is -2.19. The summed E-state index contributed by atoms with van der Waals surface area (Å²) in [6.07, 6.45) is -2.30. The second-order valence-electron chi connectivity index (χ2n) is 4.40. The zero-order valence-corrected chi connectivity index (χ0v) is 14.7. The van der Waals surface area contributed by atoms with E-state index in [0.29, 0.717) is 6.08 Å². The van der Waals surface area contributed by atoms with Gasteiger partial charge in [0.25, 0.3) is 0 Å². The lowest BCUT2D eigenvalue weighted by molar-refractivity contribution is -0.0925. The molecule has 132 valence electrons. The number of carbonyl (C=O) groups is 1. The number of nitrogens with two attached hydrogens (primary N) is 1. The number of allylic oxidation sites excluding steroid dienone is 2. The number of ketones is 1. The number of aliphatic imine (C=N–C) groups is 1. The van der Waals surface area contributed by atoms with Crippen LogP contribution in [-0.2, 0) is 9.84 Å². The Bertz CT molecular complexity index is 789. The molecule has 6 nitrogen and oxygen atoms in total. The normalized spacial score (nSPS) is 13.5. The average molecular weight is 428 g/mol. The number of Topliss-reactive ketones (excluding diaryl/α,β-unsaturated/α-hetero) is 1. The molecular weight excluding hydrogens is 415 g/mol. The minimum Gasteiger partial charge on any atom is -0.395 e. The third kappa shape index (κ3) is 5.13. The molecule has 2 N–H and O–H groups in total. The summed E-state index contributed by atoms with van der Waals surface area (Å²) < 4.78 is 60.8. The van der Waals surface area contributed by atoms with Gasteiger partial charge >= 0.3 is 6.18 Å². The molecule has 0 bridgehead atoms. The van der Waals surface area contributed by atoms with Crippen LogP contribution in [0.4, 0.5) is 18.9 Å². The van der Waals surface area contributed by atoms with Crippen LogP contribution in [0.2, 0.25) is 0 Å².